The second-order valence-corrected chi connectivity index (χ2v) is 6.11. The zero-order chi connectivity index (χ0) is 18.5. The van der Waals surface area contributed by atoms with Crippen molar-refractivity contribution < 1.29 is 13.9 Å². The summed E-state index contributed by atoms with van der Waals surface area (Å²) in [5.74, 6) is -0.447. The van der Waals surface area contributed by atoms with E-state index in [0.717, 1.165) is 6.42 Å². The topological polar surface area (TPSA) is 87.7 Å². The van der Waals surface area contributed by atoms with Crippen molar-refractivity contribution in [1.82, 2.24) is 29.8 Å². The average Bonchev–Trinajstić information content (AvgIpc) is 3.27. The molecule has 0 aliphatic heterocycles. The van der Waals surface area contributed by atoms with Gasteiger partial charge in [-0.05, 0) is 47.4 Å². The van der Waals surface area contributed by atoms with Crippen LogP contribution in [0.3, 0.4) is 0 Å². The lowest BCUT2D eigenvalue weighted by atomic mass is 10.3. The van der Waals surface area contributed by atoms with Gasteiger partial charge in [0.1, 0.15) is 5.82 Å². The molecular weight excluding hydrogens is 359 g/mol. The highest BCUT2D eigenvalue weighted by atomic mass is 32.2. The van der Waals surface area contributed by atoms with E-state index in [1.807, 2.05) is 13.2 Å². The number of hydrogen-bond acceptors (Lipinski definition) is 7. The number of carbonyl (C=O) groups is 1. The SMILES string of the molecule is CCCn1nnnc1COC(=O)c1cnc(SC)n1-c1ccc(F)cc1. The van der Waals surface area contributed by atoms with Gasteiger partial charge in [0.25, 0.3) is 0 Å². The van der Waals surface area contributed by atoms with Crippen LogP contribution in [0.1, 0.15) is 29.7 Å². The number of aromatic nitrogens is 6. The maximum atomic E-state index is 13.2. The summed E-state index contributed by atoms with van der Waals surface area (Å²) in [6.45, 7) is 2.60. The summed E-state index contributed by atoms with van der Waals surface area (Å²) in [6, 6.07) is 5.81. The Kier molecular flexibility index (Phi) is 5.61. The molecule has 136 valence electrons. The van der Waals surface area contributed by atoms with Crippen molar-refractivity contribution in [2.75, 3.05) is 6.26 Å². The van der Waals surface area contributed by atoms with Crippen LogP contribution in [-0.2, 0) is 17.9 Å². The molecule has 0 fully saturated rings. The van der Waals surface area contributed by atoms with Crippen molar-refractivity contribution in [2.45, 2.75) is 31.7 Å². The van der Waals surface area contributed by atoms with E-state index in [2.05, 4.69) is 20.5 Å². The molecular formula is C16H17FN6O2S. The van der Waals surface area contributed by atoms with Gasteiger partial charge in [0, 0.05) is 12.2 Å². The van der Waals surface area contributed by atoms with Crippen LogP contribution in [0.4, 0.5) is 4.39 Å². The van der Waals surface area contributed by atoms with E-state index < -0.39 is 5.97 Å². The fourth-order valence-electron chi connectivity index (χ4n) is 2.38. The van der Waals surface area contributed by atoms with Gasteiger partial charge >= 0.3 is 5.97 Å². The first kappa shape index (κ1) is 18.1. The van der Waals surface area contributed by atoms with Gasteiger partial charge in [-0.15, -0.1) is 5.10 Å². The summed E-state index contributed by atoms with van der Waals surface area (Å²) >= 11 is 1.37. The lowest BCUT2D eigenvalue weighted by molar-refractivity contribution is 0.0446. The Morgan fingerprint density at radius 3 is 2.77 bits per heavy atom. The highest BCUT2D eigenvalue weighted by Crippen LogP contribution is 2.22. The van der Waals surface area contributed by atoms with Gasteiger partial charge in [0.15, 0.2) is 23.3 Å². The predicted octanol–water partition coefficient (Wildman–Crippen LogP) is 2.49. The van der Waals surface area contributed by atoms with E-state index in [9.17, 15) is 9.18 Å². The number of hydrogen-bond donors (Lipinski definition) is 0. The number of rotatable bonds is 7. The summed E-state index contributed by atoms with van der Waals surface area (Å²) in [7, 11) is 0. The summed E-state index contributed by atoms with van der Waals surface area (Å²) in [5.41, 5.74) is 0.867. The Morgan fingerprint density at radius 1 is 1.31 bits per heavy atom. The number of thioether (sulfide) groups is 1. The van der Waals surface area contributed by atoms with Crippen LogP contribution in [0.5, 0.6) is 0 Å². The molecule has 2 aromatic heterocycles. The lowest BCUT2D eigenvalue weighted by Gasteiger charge is -2.10. The molecule has 0 atom stereocenters. The molecule has 0 spiro atoms. The van der Waals surface area contributed by atoms with Crippen LogP contribution in [0.2, 0.25) is 0 Å². The maximum absolute atomic E-state index is 13.2. The van der Waals surface area contributed by atoms with E-state index in [1.54, 1.807) is 21.4 Å². The second-order valence-electron chi connectivity index (χ2n) is 5.34. The van der Waals surface area contributed by atoms with Gasteiger partial charge in [-0.3, -0.25) is 4.57 Å². The van der Waals surface area contributed by atoms with Gasteiger partial charge in [-0.25, -0.2) is 18.9 Å². The smallest absolute Gasteiger partial charge is 0.357 e. The first-order valence-corrected chi connectivity index (χ1v) is 9.16. The van der Waals surface area contributed by atoms with Crippen molar-refractivity contribution in [1.29, 1.82) is 0 Å². The van der Waals surface area contributed by atoms with Crippen molar-refractivity contribution in [2.24, 2.45) is 0 Å². The van der Waals surface area contributed by atoms with Crippen molar-refractivity contribution in [3.63, 3.8) is 0 Å². The van der Waals surface area contributed by atoms with Crippen LogP contribution in [0, 0.1) is 5.82 Å². The standard InChI is InChI=1S/C16H17FN6O2S/c1-3-8-22-14(19-20-21-22)10-25-15(24)13-9-18-16(26-2)23(13)12-6-4-11(17)5-7-12/h4-7,9H,3,8,10H2,1-2H3. The Morgan fingerprint density at radius 2 is 2.08 bits per heavy atom. The maximum Gasteiger partial charge on any atom is 0.357 e. The normalized spacial score (nSPS) is 10.9. The number of tetrazole rings is 1. The van der Waals surface area contributed by atoms with Crippen molar-refractivity contribution in [3.05, 3.63) is 47.8 Å². The Balaban J connectivity index is 1.82. The molecule has 0 aliphatic carbocycles. The molecule has 0 aliphatic rings. The first-order chi connectivity index (χ1) is 12.6. The van der Waals surface area contributed by atoms with Gasteiger partial charge in [0.05, 0.1) is 6.20 Å². The minimum Gasteiger partial charge on any atom is -0.453 e. The largest absolute Gasteiger partial charge is 0.453 e. The minimum atomic E-state index is -0.562. The monoisotopic (exact) mass is 376 g/mol. The molecule has 0 amide bonds. The van der Waals surface area contributed by atoms with Gasteiger partial charge in [-0.1, -0.05) is 18.7 Å². The van der Waals surface area contributed by atoms with Gasteiger partial charge in [-0.2, -0.15) is 0 Å². The van der Waals surface area contributed by atoms with E-state index >= 15 is 0 Å². The summed E-state index contributed by atoms with van der Waals surface area (Å²) in [6.07, 6.45) is 4.14. The molecule has 3 rings (SSSR count). The number of aryl methyl sites for hydroxylation is 1. The number of benzene rings is 1. The molecule has 1 aromatic carbocycles. The van der Waals surface area contributed by atoms with Crippen LogP contribution in [-0.4, -0.2) is 42.0 Å². The quantitative estimate of drug-likeness (QED) is 0.462. The Hall–Kier alpha value is -2.75. The Bertz CT molecular complexity index is 893. The highest BCUT2D eigenvalue weighted by Gasteiger charge is 2.20. The zero-order valence-electron chi connectivity index (χ0n) is 14.3. The molecule has 0 saturated carbocycles. The second kappa shape index (κ2) is 8.09. The number of ether oxygens (including phenoxy) is 1. The van der Waals surface area contributed by atoms with Crippen LogP contribution >= 0.6 is 11.8 Å². The number of nitrogens with zero attached hydrogens (tertiary/aromatic N) is 6. The number of carbonyl (C=O) groups excluding carboxylic acids is 1. The predicted molar refractivity (Wildman–Crippen MR) is 92.5 cm³/mol. The molecule has 0 N–H and O–H groups in total. The zero-order valence-corrected chi connectivity index (χ0v) is 15.1. The van der Waals surface area contributed by atoms with Gasteiger partial charge < -0.3 is 4.74 Å². The number of halogens is 1. The molecule has 0 radical (unpaired) electrons. The number of imidazole rings is 1. The van der Waals surface area contributed by atoms with Crippen LogP contribution in [0.25, 0.3) is 5.69 Å². The van der Waals surface area contributed by atoms with Crippen LogP contribution < -0.4 is 0 Å². The third-order valence-electron chi connectivity index (χ3n) is 3.58. The van der Waals surface area contributed by atoms with Crippen molar-refractivity contribution in [3.8, 4) is 5.69 Å². The Labute approximate surface area is 153 Å². The third-order valence-corrected chi connectivity index (χ3v) is 4.23. The molecule has 3 aromatic rings. The molecule has 0 unspecified atom stereocenters. The molecule has 26 heavy (non-hydrogen) atoms. The highest BCUT2D eigenvalue weighted by molar-refractivity contribution is 7.98. The fraction of sp³-hybridized carbons (Fsp3) is 0.312. The van der Waals surface area contributed by atoms with E-state index in [0.29, 0.717) is 23.2 Å². The molecule has 0 saturated heterocycles. The summed E-state index contributed by atoms with van der Waals surface area (Å²) in [4.78, 5) is 16.8. The van der Waals surface area contributed by atoms with E-state index in [1.165, 1.54) is 30.1 Å². The summed E-state index contributed by atoms with van der Waals surface area (Å²) in [5, 5.41) is 11.9. The fourth-order valence-corrected chi connectivity index (χ4v) is 2.92. The van der Waals surface area contributed by atoms with Crippen LogP contribution in [0.15, 0.2) is 35.6 Å². The molecule has 2 heterocycles. The molecule has 8 nitrogen and oxygen atoms in total. The summed E-state index contributed by atoms with van der Waals surface area (Å²) < 4.78 is 21.8. The average molecular weight is 376 g/mol. The van der Waals surface area contributed by atoms with E-state index in [-0.39, 0.29) is 18.1 Å². The lowest BCUT2D eigenvalue weighted by Crippen LogP contribution is -2.14. The first-order valence-electron chi connectivity index (χ1n) is 7.94. The molecule has 10 heteroatoms. The minimum absolute atomic E-state index is 0.0466. The van der Waals surface area contributed by atoms with Gasteiger partial charge in [0.2, 0.25) is 0 Å². The number of esters is 1. The van der Waals surface area contributed by atoms with Crippen molar-refractivity contribution >= 4 is 17.7 Å². The third kappa shape index (κ3) is 3.74. The van der Waals surface area contributed by atoms with E-state index in [4.69, 9.17) is 4.74 Å². The molecule has 0 bridgehead atoms.